The van der Waals surface area contributed by atoms with Crippen LogP contribution in [-0.2, 0) is 16.0 Å². The van der Waals surface area contributed by atoms with Crippen molar-refractivity contribution in [1.29, 1.82) is 0 Å². The number of hydrogen-bond acceptors (Lipinski definition) is 4. The fourth-order valence-electron chi connectivity index (χ4n) is 4.86. The Bertz CT molecular complexity index is 827. The van der Waals surface area contributed by atoms with Gasteiger partial charge in [0.1, 0.15) is 0 Å². The highest BCUT2D eigenvalue weighted by Crippen LogP contribution is 2.27. The smallest absolute Gasteiger partial charge is 0.246 e. The van der Waals surface area contributed by atoms with E-state index in [1.807, 2.05) is 34.9 Å². The lowest BCUT2D eigenvalue weighted by Crippen LogP contribution is -2.57. The van der Waals surface area contributed by atoms with Gasteiger partial charge < -0.3 is 20.0 Å². The average molecular weight is 427 g/mol. The lowest BCUT2D eigenvalue weighted by Gasteiger charge is -2.39. The number of hydrogen-bond donors (Lipinski definition) is 1. The maximum Gasteiger partial charge on any atom is 0.246 e. The highest BCUT2D eigenvalue weighted by Gasteiger charge is 2.31. The number of carbonyl (C=O) groups is 2. The third-order valence-corrected chi connectivity index (χ3v) is 6.73. The molecule has 8 heteroatoms. The summed E-state index contributed by atoms with van der Waals surface area (Å²) in [5.74, 6) is 1.07. The van der Waals surface area contributed by atoms with Crippen LogP contribution in [0.5, 0.6) is 0 Å². The summed E-state index contributed by atoms with van der Waals surface area (Å²) in [6.45, 7) is 7.99. The highest BCUT2D eigenvalue weighted by atomic mass is 16.2. The Labute approximate surface area is 184 Å². The Kier molecular flexibility index (Phi) is 6.75. The van der Waals surface area contributed by atoms with Gasteiger partial charge in [0.05, 0.1) is 12.6 Å². The van der Waals surface area contributed by atoms with Gasteiger partial charge in [-0.05, 0) is 37.8 Å². The zero-order valence-corrected chi connectivity index (χ0v) is 18.7. The number of aliphatic imine (C=N–C) groups is 1. The number of benzene rings is 1. The van der Waals surface area contributed by atoms with Crippen molar-refractivity contribution >= 4 is 23.5 Å². The van der Waals surface area contributed by atoms with Crippen LogP contribution < -0.4 is 10.2 Å². The Morgan fingerprint density at radius 2 is 1.71 bits per heavy atom. The molecule has 2 amide bonds. The van der Waals surface area contributed by atoms with E-state index in [1.165, 1.54) is 5.56 Å². The molecule has 0 radical (unpaired) electrons. The fourth-order valence-corrected chi connectivity index (χ4v) is 4.86. The fraction of sp³-hybridized carbons (Fsp3) is 0.609. The third kappa shape index (κ3) is 4.69. The maximum absolute atomic E-state index is 12.8. The zero-order valence-electron chi connectivity index (χ0n) is 18.7. The predicted molar refractivity (Wildman–Crippen MR) is 122 cm³/mol. The van der Waals surface area contributed by atoms with Gasteiger partial charge in [-0.15, -0.1) is 0 Å². The quantitative estimate of drug-likeness (QED) is 0.569. The van der Waals surface area contributed by atoms with Crippen LogP contribution in [-0.4, -0.2) is 97.9 Å². The Balaban J connectivity index is 1.26. The molecule has 4 rings (SSSR count). The number of carbonyl (C=O) groups excluding carboxylic acids is 2. The first kappa shape index (κ1) is 21.6. The van der Waals surface area contributed by atoms with Crippen molar-refractivity contribution in [2.45, 2.75) is 32.2 Å². The molecule has 31 heavy (non-hydrogen) atoms. The van der Waals surface area contributed by atoms with E-state index in [-0.39, 0.29) is 24.4 Å². The van der Waals surface area contributed by atoms with Gasteiger partial charge in [-0.1, -0.05) is 18.2 Å². The van der Waals surface area contributed by atoms with E-state index >= 15 is 0 Å². The minimum atomic E-state index is -0.0768. The summed E-state index contributed by atoms with van der Waals surface area (Å²) in [6.07, 6.45) is 3.15. The van der Waals surface area contributed by atoms with Crippen LogP contribution in [0.4, 0.5) is 5.69 Å². The van der Waals surface area contributed by atoms with Crippen molar-refractivity contribution < 1.29 is 9.59 Å². The van der Waals surface area contributed by atoms with Crippen molar-refractivity contribution in [3.8, 4) is 0 Å². The van der Waals surface area contributed by atoms with Crippen molar-refractivity contribution in [2.75, 3.05) is 64.3 Å². The predicted octanol–water partition coefficient (Wildman–Crippen LogP) is 0.780. The number of nitrogens with one attached hydrogen (secondary N) is 1. The number of para-hydroxylation sites is 1. The van der Waals surface area contributed by atoms with Gasteiger partial charge in [-0.25, -0.2) is 0 Å². The molecule has 168 valence electrons. The first-order valence-corrected chi connectivity index (χ1v) is 11.4. The summed E-state index contributed by atoms with van der Waals surface area (Å²) in [6, 6.07) is 8.02. The molecule has 3 heterocycles. The van der Waals surface area contributed by atoms with Gasteiger partial charge >= 0.3 is 0 Å². The molecule has 2 fully saturated rings. The number of nitrogens with zero attached hydrogens (tertiary/aromatic N) is 5. The normalized spacial score (nSPS) is 20.7. The van der Waals surface area contributed by atoms with Crippen LogP contribution in [0, 0.1) is 0 Å². The Hall–Kier alpha value is -2.61. The molecule has 0 bridgehead atoms. The topological polar surface area (TPSA) is 71.5 Å². The number of rotatable bonds is 4. The molecule has 1 atom stereocenters. The molecule has 3 aliphatic rings. The molecular formula is C23H34N6O2. The number of likely N-dealkylation sites (tertiary alicyclic amines) is 1. The molecule has 1 N–H and O–H groups in total. The molecule has 1 unspecified atom stereocenters. The van der Waals surface area contributed by atoms with E-state index in [1.54, 1.807) is 7.05 Å². The van der Waals surface area contributed by atoms with Crippen molar-refractivity contribution in [3.05, 3.63) is 29.8 Å². The number of fused-ring (bicyclic) bond motifs is 1. The van der Waals surface area contributed by atoms with Crippen molar-refractivity contribution in [1.82, 2.24) is 20.0 Å². The molecule has 0 aliphatic carbocycles. The van der Waals surface area contributed by atoms with Crippen LogP contribution in [0.15, 0.2) is 29.3 Å². The molecule has 1 aromatic carbocycles. The second kappa shape index (κ2) is 9.68. The van der Waals surface area contributed by atoms with Crippen molar-refractivity contribution in [3.63, 3.8) is 0 Å². The van der Waals surface area contributed by atoms with E-state index in [4.69, 9.17) is 0 Å². The summed E-state index contributed by atoms with van der Waals surface area (Å²) in [5.41, 5.74) is 2.25. The summed E-state index contributed by atoms with van der Waals surface area (Å²) >= 11 is 0. The molecule has 2 saturated heterocycles. The van der Waals surface area contributed by atoms with Gasteiger partial charge in [0.25, 0.3) is 0 Å². The largest absolute Gasteiger partial charge is 0.347 e. The van der Waals surface area contributed by atoms with Crippen molar-refractivity contribution in [2.24, 2.45) is 4.99 Å². The molecule has 3 aliphatic heterocycles. The highest BCUT2D eigenvalue weighted by molar-refractivity contribution is 5.98. The minimum absolute atomic E-state index is 0.0644. The van der Waals surface area contributed by atoms with Gasteiger partial charge in [0, 0.05) is 58.5 Å². The number of guanidine groups is 1. The molecule has 1 aromatic rings. The van der Waals surface area contributed by atoms with Gasteiger partial charge in [0.15, 0.2) is 5.96 Å². The monoisotopic (exact) mass is 426 g/mol. The van der Waals surface area contributed by atoms with E-state index in [2.05, 4.69) is 26.2 Å². The lowest BCUT2D eigenvalue weighted by atomic mass is 10.2. The molecule has 8 nitrogen and oxygen atoms in total. The number of anilines is 1. The zero-order chi connectivity index (χ0) is 21.8. The minimum Gasteiger partial charge on any atom is -0.347 e. The SMILES string of the molecule is CN=C(NCC(=O)N1CCc2ccccc21)N1CCN(C(C)C(=O)N2CCCC2)CC1. The second-order valence-corrected chi connectivity index (χ2v) is 8.56. The van der Waals surface area contributed by atoms with E-state index in [0.717, 1.165) is 76.7 Å². The molecule has 0 spiro atoms. The van der Waals surface area contributed by atoms with Crippen LogP contribution in [0.3, 0.4) is 0 Å². The Morgan fingerprint density at radius 3 is 2.42 bits per heavy atom. The second-order valence-electron chi connectivity index (χ2n) is 8.56. The van der Waals surface area contributed by atoms with E-state index in [0.29, 0.717) is 0 Å². The average Bonchev–Trinajstić information content (AvgIpc) is 3.49. The summed E-state index contributed by atoms with van der Waals surface area (Å²) in [5, 5.41) is 3.25. The van der Waals surface area contributed by atoms with Gasteiger partial charge in [-0.2, -0.15) is 0 Å². The number of piperazine rings is 1. The molecule has 0 aromatic heterocycles. The Morgan fingerprint density at radius 1 is 1.00 bits per heavy atom. The number of amides is 2. The summed E-state index contributed by atoms with van der Waals surface area (Å²) in [4.78, 5) is 38.2. The maximum atomic E-state index is 12.8. The van der Waals surface area contributed by atoms with Crippen LogP contribution in [0.2, 0.25) is 0 Å². The summed E-state index contributed by atoms with van der Waals surface area (Å²) < 4.78 is 0. The molecule has 0 saturated carbocycles. The van der Waals surface area contributed by atoms with Crippen LogP contribution >= 0.6 is 0 Å². The lowest BCUT2D eigenvalue weighted by molar-refractivity contribution is -0.135. The van der Waals surface area contributed by atoms with Crippen LogP contribution in [0.1, 0.15) is 25.3 Å². The first-order chi connectivity index (χ1) is 15.1. The van der Waals surface area contributed by atoms with Gasteiger partial charge in [0.2, 0.25) is 11.8 Å². The van der Waals surface area contributed by atoms with Crippen LogP contribution in [0.25, 0.3) is 0 Å². The third-order valence-electron chi connectivity index (χ3n) is 6.73. The molecular weight excluding hydrogens is 392 g/mol. The van der Waals surface area contributed by atoms with Gasteiger partial charge in [-0.3, -0.25) is 19.5 Å². The first-order valence-electron chi connectivity index (χ1n) is 11.4. The summed E-state index contributed by atoms with van der Waals surface area (Å²) in [7, 11) is 1.75. The van der Waals surface area contributed by atoms with E-state index < -0.39 is 0 Å². The standard InChI is InChI=1S/C23H34N6O2/c1-18(22(31)27-10-5-6-11-27)26-13-15-28(16-14-26)23(24-2)25-17-21(30)29-12-9-19-7-3-4-8-20(19)29/h3-4,7-8,18H,5-6,9-17H2,1-2H3,(H,24,25). The van der Waals surface area contributed by atoms with E-state index in [9.17, 15) is 9.59 Å².